The second-order valence-corrected chi connectivity index (χ2v) is 6.63. The third kappa shape index (κ3) is 3.50. The number of imidazole rings is 1. The molecule has 1 amide bonds. The molecular weight excluding hydrogens is 312 g/mol. The van der Waals surface area contributed by atoms with Crippen molar-refractivity contribution in [1.29, 1.82) is 0 Å². The van der Waals surface area contributed by atoms with E-state index in [1.807, 2.05) is 53.6 Å². The van der Waals surface area contributed by atoms with Crippen LogP contribution in [0, 0.1) is 5.92 Å². The Balaban J connectivity index is 1.37. The van der Waals surface area contributed by atoms with Gasteiger partial charge in [0.15, 0.2) is 0 Å². The Bertz CT molecular complexity index is 815. The van der Waals surface area contributed by atoms with E-state index in [0.717, 1.165) is 49.4 Å². The van der Waals surface area contributed by atoms with Crippen LogP contribution in [0.5, 0.6) is 0 Å². The van der Waals surface area contributed by atoms with Gasteiger partial charge in [0.2, 0.25) is 0 Å². The molecule has 2 N–H and O–H groups in total. The number of benzene rings is 1. The summed E-state index contributed by atoms with van der Waals surface area (Å²) in [6.07, 6.45) is 6.68. The quantitative estimate of drug-likeness (QED) is 0.767. The number of likely N-dealkylation sites (tertiary alicyclic amines) is 1. The maximum Gasteiger partial charge on any atom is 0.270 e. The number of carbonyl (C=O) groups excluding carboxylic acids is 1. The summed E-state index contributed by atoms with van der Waals surface area (Å²) in [4.78, 5) is 25.4. The first-order valence-electron chi connectivity index (χ1n) is 8.81. The van der Waals surface area contributed by atoms with Gasteiger partial charge in [0.1, 0.15) is 11.5 Å². The molecule has 0 saturated carbocycles. The van der Waals surface area contributed by atoms with E-state index >= 15 is 0 Å². The Morgan fingerprint density at radius 2 is 1.92 bits per heavy atom. The van der Waals surface area contributed by atoms with E-state index in [4.69, 9.17) is 0 Å². The van der Waals surface area contributed by atoms with Crippen LogP contribution in [-0.2, 0) is 6.42 Å². The van der Waals surface area contributed by atoms with E-state index in [1.54, 1.807) is 6.20 Å². The van der Waals surface area contributed by atoms with E-state index in [0.29, 0.717) is 11.6 Å². The smallest absolute Gasteiger partial charge is 0.270 e. The molecule has 0 bridgehead atoms. The molecule has 1 aromatic carbocycles. The molecule has 3 aromatic rings. The topological polar surface area (TPSA) is 64.8 Å². The highest BCUT2D eigenvalue weighted by Crippen LogP contribution is 2.23. The van der Waals surface area contributed by atoms with Gasteiger partial charge >= 0.3 is 0 Å². The number of aromatic nitrogens is 3. The average Bonchev–Trinajstić information content (AvgIpc) is 3.34. The summed E-state index contributed by atoms with van der Waals surface area (Å²) < 4.78 is 0. The summed E-state index contributed by atoms with van der Waals surface area (Å²) in [5, 5.41) is 0. The molecule has 5 heteroatoms. The molecule has 128 valence electrons. The Morgan fingerprint density at radius 1 is 1.12 bits per heavy atom. The van der Waals surface area contributed by atoms with Gasteiger partial charge in [-0.25, -0.2) is 4.98 Å². The number of nitrogens with zero attached hydrogens (tertiary/aromatic N) is 2. The zero-order chi connectivity index (χ0) is 17.1. The lowest BCUT2D eigenvalue weighted by Gasteiger charge is -2.31. The Kier molecular flexibility index (Phi) is 4.37. The van der Waals surface area contributed by atoms with Gasteiger partial charge in [0.05, 0.1) is 0 Å². The van der Waals surface area contributed by atoms with Crippen LogP contribution in [0.4, 0.5) is 0 Å². The zero-order valence-corrected chi connectivity index (χ0v) is 14.1. The summed E-state index contributed by atoms with van der Waals surface area (Å²) in [5.41, 5.74) is 2.75. The molecule has 0 aliphatic carbocycles. The largest absolute Gasteiger partial charge is 0.351 e. The van der Waals surface area contributed by atoms with Crippen molar-refractivity contribution in [3.63, 3.8) is 0 Å². The minimum atomic E-state index is 0.0960. The number of hydrogen-bond donors (Lipinski definition) is 2. The number of amides is 1. The highest BCUT2D eigenvalue weighted by atomic mass is 16.2. The minimum absolute atomic E-state index is 0.0960. The van der Waals surface area contributed by atoms with Crippen LogP contribution in [0.1, 0.15) is 29.2 Å². The van der Waals surface area contributed by atoms with Crippen molar-refractivity contribution < 1.29 is 4.79 Å². The third-order valence-electron chi connectivity index (χ3n) is 4.94. The monoisotopic (exact) mass is 334 g/mol. The molecular formula is C20H22N4O. The van der Waals surface area contributed by atoms with Gasteiger partial charge < -0.3 is 14.9 Å². The first kappa shape index (κ1) is 15.7. The van der Waals surface area contributed by atoms with Gasteiger partial charge in [-0.1, -0.05) is 30.3 Å². The SMILES string of the molecule is O=C(c1ccc(-c2ccccc2)[nH]1)N1CCC(Cc2ncc[nH]2)CC1. The van der Waals surface area contributed by atoms with Gasteiger partial charge in [0.25, 0.3) is 5.91 Å². The van der Waals surface area contributed by atoms with Crippen LogP contribution in [0.3, 0.4) is 0 Å². The molecule has 4 rings (SSSR count). The van der Waals surface area contributed by atoms with Crippen molar-refractivity contribution in [2.45, 2.75) is 19.3 Å². The number of H-pyrrole nitrogens is 2. The number of nitrogens with one attached hydrogen (secondary N) is 2. The van der Waals surface area contributed by atoms with Gasteiger partial charge in [-0.15, -0.1) is 0 Å². The van der Waals surface area contributed by atoms with E-state index < -0.39 is 0 Å². The zero-order valence-electron chi connectivity index (χ0n) is 14.1. The summed E-state index contributed by atoms with van der Waals surface area (Å²) in [5.74, 6) is 1.74. The maximum absolute atomic E-state index is 12.7. The van der Waals surface area contributed by atoms with Gasteiger partial charge in [-0.2, -0.15) is 0 Å². The van der Waals surface area contributed by atoms with Crippen molar-refractivity contribution in [3.8, 4) is 11.3 Å². The van der Waals surface area contributed by atoms with Crippen LogP contribution in [0.2, 0.25) is 0 Å². The Morgan fingerprint density at radius 3 is 2.64 bits per heavy atom. The summed E-state index contributed by atoms with van der Waals surface area (Å²) in [6, 6.07) is 13.9. The van der Waals surface area contributed by atoms with Crippen molar-refractivity contribution in [1.82, 2.24) is 19.9 Å². The lowest BCUT2D eigenvalue weighted by Crippen LogP contribution is -2.39. The lowest BCUT2D eigenvalue weighted by atomic mass is 9.93. The van der Waals surface area contributed by atoms with Gasteiger partial charge in [-0.3, -0.25) is 4.79 Å². The highest BCUT2D eigenvalue weighted by Gasteiger charge is 2.25. The molecule has 0 spiro atoms. The van der Waals surface area contributed by atoms with Crippen molar-refractivity contribution in [2.24, 2.45) is 5.92 Å². The number of carbonyl (C=O) groups is 1. The number of rotatable bonds is 4. The predicted molar refractivity (Wildman–Crippen MR) is 97.1 cm³/mol. The first-order valence-corrected chi connectivity index (χ1v) is 8.81. The second-order valence-electron chi connectivity index (χ2n) is 6.63. The number of piperidine rings is 1. The molecule has 0 atom stereocenters. The lowest BCUT2D eigenvalue weighted by molar-refractivity contribution is 0.0685. The molecule has 1 aliphatic rings. The van der Waals surface area contributed by atoms with E-state index in [1.165, 1.54) is 0 Å². The van der Waals surface area contributed by atoms with Crippen molar-refractivity contribution in [2.75, 3.05) is 13.1 Å². The van der Waals surface area contributed by atoms with E-state index in [-0.39, 0.29) is 5.91 Å². The van der Waals surface area contributed by atoms with E-state index in [9.17, 15) is 4.79 Å². The molecule has 3 heterocycles. The van der Waals surface area contributed by atoms with Gasteiger partial charge in [-0.05, 0) is 36.5 Å². The molecule has 0 unspecified atom stereocenters. The van der Waals surface area contributed by atoms with Crippen LogP contribution in [0.25, 0.3) is 11.3 Å². The van der Waals surface area contributed by atoms with Crippen molar-refractivity contribution >= 4 is 5.91 Å². The van der Waals surface area contributed by atoms with Crippen molar-refractivity contribution in [3.05, 3.63) is 66.4 Å². The summed E-state index contributed by atoms with van der Waals surface area (Å²) >= 11 is 0. The van der Waals surface area contributed by atoms with Gasteiger partial charge in [0, 0.05) is 37.6 Å². The molecule has 25 heavy (non-hydrogen) atoms. The number of hydrogen-bond acceptors (Lipinski definition) is 2. The van der Waals surface area contributed by atoms with Crippen LogP contribution in [-0.4, -0.2) is 38.8 Å². The molecule has 5 nitrogen and oxygen atoms in total. The maximum atomic E-state index is 12.7. The molecule has 1 saturated heterocycles. The molecule has 1 aliphatic heterocycles. The molecule has 0 radical (unpaired) electrons. The van der Waals surface area contributed by atoms with Crippen LogP contribution < -0.4 is 0 Å². The summed E-state index contributed by atoms with van der Waals surface area (Å²) in [6.45, 7) is 1.62. The first-order chi connectivity index (χ1) is 12.3. The molecule has 1 fully saturated rings. The standard InChI is InChI=1S/C20H22N4O/c25-20(18-7-6-17(23-18)16-4-2-1-3-5-16)24-12-8-15(9-13-24)14-19-21-10-11-22-19/h1-7,10-11,15,23H,8-9,12-14H2,(H,21,22). The Hall–Kier alpha value is -2.82. The fourth-order valence-corrected chi connectivity index (χ4v) is 3.50. The van der Waals surface area contributed by atoms with Crippen LogP contribution in [0.15, 0.2) is 54.9 Å². The fraction of sp³-hybridized carbons (Fsp3) is 0.300. The predicted octanol–water partition coefficient (Wildman–Crippen LogP) is 3.50. The second kappa shape index (κ2) is 6.97. The average molecular weight is 334 g/mol. The fourth-order valence-electron chi connectivity index (χ4n) is 3.50. The minimum Gasteiger partial charge on any atom is -0.351 e. The third-order valence-corrected chi connectivity index (χ3v) is 4.94. The number of aromatic amines is 2. The normalized spacial score (nSPS) is 15.4. The van der Waals surface area contributed by atoms with Crippen LogP contribution >= 0.6 is 0 Å². The molecule has 2 aromatic heterocycles. The van der Waals surface area contributed by atoms with E-state index in [2.05, 4.69) is 15.0 Å². The Labute approximate surface area is 147 Å². The summed E-state index contributed by atoms with van der Waals surface area (Å²) in [7, 11) is 0. The highest BCUT2D eigenvalue weighted by molar-refractivity contribution is 5.93.